The van der Waals surface area contributed by atoms with Crippen LogP contribution in [-0.2, 0) is 42.2 Å². The van der Waals surface area contributed by atoms with Crippen molar-refractivity contribution in [1.29, 1.82) is 0 Å². The van der Waals surface area contributed by atoms with Crippen molar-refractivity contribution in [3.05, 3.63) is 113 Å². The van der Waals surface area contributed by atoms with Crippen molar-refractivity contribution in [3.8, 4) is 5.75 Å². The number of rotatable bonds is 15. The third-order valence-electron chi connectivity index (χ3n) is 8.15. The number of dihydropyridines is 1. The summed E-state index contributed by atoms with van der Waals surface area (Å²) in [6.07, 6.45) is 3.06. The summed E-state index contributed by atoms with van der Waals surface area (Å²) in [5.41, 5.74) is 10.4. The van der Waals surface area contributed by atoms with Crippen molar-refractivity contribution in [2.75, 3.05) is 20.3 Å². The Labute approximate surface area is 286 Å². The molecule has 12 nitrogen and oxygen atoms in total. The van der Waals surface area contributed by atoms with E-state index in [-0.39, 0.29) is 29.5 Å². The maximum atomic E-state index is 12.9. The predicted octanol–water partition coefficient (Wildman–Crippen LogP) is 4.34. The van der Waals surface area contributed by atoms with Gasteiger partial charge in [-0.15, -0.1) is 0 Å². The second kappa shape index (κ2) is 15.9. The number of para-hydroxylation sites is 1. The zero-order chi connectivity index (χ0) is 35.8. The Kier molecular flexibility index (Phi) is 12.0. The fraction of sp³-hybridized carbons (Fsp3) is 0.306. The molecule has 49 heavy (non-hydrogen) atoms. The highest BCUT2D eigenvalue weighted by molar-refractivity contribution is 7.89. The first-order chi connectivity index (χ1) is 23.2. The van der Waals surface area contributed by atoms with E-state index in [1.807, 2.05) is 43.3 Å². The summed E-state index contributed by atoms with van der Waals surface area (Å²) < 4.78 is 39.7. The minimum absolute atomic E-state index is 0.0363. The van der Waals surface area contributed by atoms with Crippen molar-refractivity contribution >= 4 is 33.2 Å². The number of aliphatic imine (C=N–C) groups is 1. The first kappa shape index (κ1) is 36.8. The molecule has 0 saturated heterocycles. The molecule has 6 N–H and O–H groups in total. The number of methoxy groups -OCH3 is 1. The van der Waals surface area contributed by atoms with Crippen LogP contribution >= 0.6 is 0 Å². The molecule has 3 aromatic rings. The quantitative estimate of drug-likeness (QED) is 0.144. The molecule has 1 heterocycles. The molecule has 0 bridgehead atoms. The van der Waals surface area contributed by atoms with Crippen LogP contribution in [0, 0.1) is 12.3 Å². The summed E-state index contributed by atoms with van der Waals surface area (Å²) in [4.78, 5) is 28.1. The minimum atomic E-state index is -4.01. The van der Waals surface area contributed by atoms with Gasteiger partial charge in [0.1, 0.15) is 16.4 Å². The number of phenols is 1. The van der Waals surface area contributed by atoms with Crippen LogP contribution in [-0.4, -0.2) is 56.5 Å². The third kappa shape index (κ3) is 9.34. The van der Waals surface area contributed by atoms with Gasteiger partial charge in [-0.3, -0.25) is 9.79 Å². The Hall–Kier alpha value is -4.98. The smallest absolute Gasteiger partial charge is 0.354 e. The van der Waals surface area contributed by atoms with Gasteiger partial charge in [0.25, 0.3) is 0 Å². The van der Waals surface area contributed by atoms with E-state index in [0.29, 0.717) is 36.3 Å². The van der Waals surface area contributed by atoms with Gasteiger partial charge >= 0.3 is 11.9 Å². The van der Waals surface area contributed by atoms with Gasteiger partial charge in [-0.05, 0) is 84.9 Å². The zero-order valence-electron chi connectivity index (χ0n) is 27.9. The molecule has 0 saturated carbocycles. The molecule has 0 spiro atoms. The highest BCUT2D eigenvalue weighted by atomic mass is 32.2. The van der Waals surface area contributed by atoms with Crippen LogP contribution in [0.25, 0.3) is 5.57 Å². The van der Waals surface area contributed by atoms with Gasteiger partial charge in [-0.1, -0.05) is 48.5 Å². The summed E-state index contributed by atoms with van der Waals surface area (Å²) in [7, 11) is -2.72. The Morgan fingerprint density at radius 1 is 1.08 bits per heavy atom. The predicted molar refractivity (Wildman–Crippen MR) is 186 cm³/mol. The molecule has 0 fully saturated rings. The SMILES string of the molecule is COC(=O)C(C)(C)C(OC/C(N)=C/NCc1cccc(C2=CC(C(=O)O)=NCC2)c1)c1ccc(C)c(CNS(=O)(=O)c2ccccc2O)c1. The van der Waals surface area contributed by atoms with Crippen molar-refractivity contribution in [1.82, 2.24) is 10.0 Å². The van der Waals surface area contributed by atoms with Crippen molar-refractivity contribution in [3.63, 3.8) is 0 Å². The van der Waals surface area contributed by atoms with E-state index < -0.39 is 33.5 Å². The van der Waals surface area contributed by atoms with Crippen LogP contribution in [0.2, 0.25) is 0 Å². The van der Waals surface area contributed by atoms with E-state index >= 15 is 0 Å². The lowest BCUT2D eigenvalue weighted by Crippen LogP contribution is -2.35. The highest BCUT2D eigenvalue weighted by Crippen LogP contribution is 2.38. The number of hydrogen-bond donors (Lipinski definition) is 5. The van der Waals surface area contributed by atoms with Gasteiger partial charge in [0, 0.05) is 25.8 Å². The first-order valence-electron chi connectivity index (χ1n) is 15.6. The number of phenolic OH excluding ortho intramolecular Hbond substituents is 1. The van der Waals surface area contributed by atoms with Gasteiger partial charge < -0.3 is 30.7 Å². The Morgan fingerprint density at radius 3 is 2.55 bits per heavy atom. The summed E-state index contributed by atoms with van der Waals surface area (Å²) in [5.74, 6) is -1.91. The summed E-state index contributed by atoms with van der Waals surface area (Å²) >= 11 is 0. The molecule has 0 amide bonds. The molecule has 1 aliphatic rings. The molecule has 0 radical (unpaired) electrons. The van der Waals surface area contributed by atoms with Crippen molar-refractivity contribution in [2.45, 2.75) is 51.3 Å². The lowest BCUT2D eigenvalue weighted by molar-refractivity contribution is -0.160. The molecule has 0 aliphatic carbocycles. The number of carboxylic acids is 1. The monoisotopic (exact) mass is 690 g/mol. The van der Waals surface area contributed by atoms with E-state index in [1.165, 1.54) is 31.4 Å². The average molecular weight is 691 g/mol. The Morgan fingerprint density at radius 2 is 1.84 bits per heavy atom. The van der Waals surface area contributed by atoms with E-state index in [2.05, 4.69) is 15.0 Å². The Balaban J connectivity index is 1.47. The number of aliphatic carboxylic acids is 1. The van der Waals surface area contributed by atoms with Gasteiger partial charge in [-0.25, -0.2) is 17.9 Å². The average Bonchev–Trinajstić information content (AvgIpc) is 3.08. The molecular formula is C36H42N4O8S. The van der Waals surface area contributed by atoms with Crippen LogP contribution in [0.15, 0.2) is 94.6 Å². The van der Waals surface area contributed by atoms with Crippen molar-refractivity contribution in [2.24, 2.45) is 16.1 Å². The maximum Gasteiger partial charge on any atom is 0.354 e. The molecule has 1 aliphatic heterocycles. The third-order valence-corrected chi connectivity index (χ3v) is 9.60. The first-order valence-corrected chi connectivity index (χ1v) is 17.0. The summed E-state index contributed by atoms with van der Waals surface area (Å²) in [6.45, 7) is 5.99. The number of benzene rings is 3. The topological polar surface area (TPSA) is 190 Å². The molecule has 260 valence electrons. The number of nitrogens with two attached hydrogens (primary N) is 1. The molecule has 0 aromatic heterocycles. The van der Waals surface area contributed by atoms with Crippen LogP contribution in [0.1, 0.15) is 54.2 Å². The number of ether oxygens (including phenoxy) is 2. The fourth-order valence-electron chi connectivity index (χ4n) is 5.41. The normalized spacial score (nSPS) is 14.4. The number of sulfonamides is 1. The molecule has 1 unspecified atom stereocenters. The highest BCUT2D eigenvalue weighted by Gasteiger charge is 2.40. The zero-order valence-corrected chi connectivity index (χ0v) is 28.7. The van der Waals surface area contributed by atoms with Gasteiger partial charge in [0.15, 0.2) is 0 Å². The van der Waals surface area contributed by atoms with Crippen LogP contribution in [0.5, 0.6) is 5.75 Å². The molecule has 3 aromatic carbocycles. The van der Waals surface area contributed by atoms with Gasteiger partial charge in [-0.2, -0.15) is 0 Å². The lowest BCUT2D eigenvalue weighted by atomic mass is 9.81. The number of nitrogens with one attached hydrogen (secondary N) is 2. The summed E-state index contributed by atoms with van der Waals surface area (Å²) in [6, 6.07) is 18.8. The number of carboxylic acid groups (broad SMARTS) is 1. The number of aromatic hydroxyl groups is 1. The summed E-state index contributed by atoms with van der Waals surface area (Å²) in [5, 5.41) is 22.5. The largest absolute Gasteiger partial charge is 0.507 e. The van der Waals surface area contributed by atoms with Crippen LogP contribution in [0.4, 0.5) is 0 Å². The van der Waals surface area contributed by atoms with Crippen molar-refractivity contribution < 1.29 is 37.7 Å². The van der Waals surface area contributed by atoms with Crippen LogP contribution in [0.3, 0.4) is 0 Å². The molecule has 4 rings (SSSR count). The maximum absolute atomic E-state index is 12.9. The van der Waals surface area contributed by atoms with E-state index in [0.717, 1.165) is 22.3 Å². The number of hydrogen-bond acceptors (Lipinski definition) is 10. The second-order valence-electron chi connectivity index (χ2n) is 12.2. The number of carbonyl (C=O) groups is 2. The number of esters is 1. The number of carbonyl (C=O) groups excluding carboxylic acids is 1. The number of aryl methyl sites for hydroxylation is 1. The molecular weight excluding hydrogens is 648 g/mol. The minimum Gasteiger partial charge on any atom is -0.507 e. The number of nitrogens with zero attached hydrogens (tertiary/aromatic N) is 1. The van der Waals surface area contributed by atoms with E-state index in [9.17, 15) is 28.2 Å². The second-order valence-corrected chi connectivity index (χ2v) is 13.9. The van der Waals surface area contributed by atoms with E-state index in [1.54, 1.807) is 32.2 Å². The fourth-order valence-corrected chi connectivity index (χ4v) is 6.51. The Bertz CT molecular complexity index is 1900. The van der Waals surface area contributed by atoms with Gasteiger partial charge in [0.2, 0.25) is 10.0 Å². The van der Waals surface area contributed by atoms with Crippen LogP contribution < -0.4 is 15.8 Å². The molecule has 13 heteroatoms. The standard InChI is InChI=1S/C36H42N4O8S/c1-23-12-13-27(17-28(23)20-40-49(45,46)32-11-6-5-10-31(32)41)33(36(2,3)35(44)47-4)48-22-29(37)21-38-19-24-8-7-9-25(16-24)26-14-15-39-30(18-26)34(42)43/h5-13,16-18,21,33,38,40-41H,14-15,19-20,22,37H2,1-4H3,(H,42,43)/b29-21-. The lowest BCUT2D eigenvalue weighted by Gasteiger charge is -2.32. The van der Waals surface area contributed by atoms with Gasteiger partial charge in [0.05, 0.1) is 30.9 Å². The molecule has 1 atom stereocenters. The van der Waals surface area contributed by atoms with E-state index in [4.69, 9.17) is 15.2 Å².